The van der Waals surface area contributed by atoms with E-state index in [0.29, 0.717) is 5.02 Å². The Hall–Kier alpha value is -1.52. The lowest BCUT2D eigenvalue weighted by atomic mass is 10.1. The number of amides is 1. The zero-order valence-electron chi connectivity index (χ0n) is 10.7. The minimum Gasteiger partial charge on any atom is -0.507 e. The molecule has 0 aromatic heterocycles. The Morgan fingerprint density at radius 2 is 2.00 bits per heavy atom. The van der Waals surface area contributed by atoms with Crippen LogP contribution in [0.5, 0.6) is 5.75 Å². The molecule has 1 atom stereocenters. The molecule has 20 heavy (non-hydrogen) atoms. The van der Waals surface area contributed by atoms with E-state index in [0.717, 1.165) is 10.0 Å². The molecule has 1 amide bonds. The van der Waals surface area contributed by atoms with Gasteiger partial charge in [-0.15, -0.1) is 0 Å². The average molecular weight is 355 g/mol. The number of benzene rings is 2. The smallest absolute Gasteiger partial charge is 0.255 e. The molecule has 0 fully saturated rings. The number of phenolic OH excluding ortho intramolecular Hbond substituents is 1. The fourth-order valence-electron chi connectivity index (χ4n) is 1.87. The van der Waals surface area contributed by atoms with Crippen molar-refractivity contribution < 1.29 is 9.90 Å². The zero-order valence-corrected chi connectivity index (χ0v) is 13.1. The second-order valence-corrected chi connectivity index (χ2v) is 5.70. The van der Waals surface area contributed by atoms with Crippen molar-refractivity contribution in [2.24, 2.45) is 0 Å². The van der Waals surface area contributed by atoms with Gasteiger partial charge in [-0.3, -0.25) is 4.79 Å². The van der Waals surface area contributed by atoms with Gasteiger partial charge in [-0.1, -0.05) is 45.7 Å². The highest BCUT2D eigenvalue weighted by Crippen LogP contribution is 2.25. The lowest BCUT2D eigenvalue weighted by Crippen LogP contribution is -2.26. The maximum atomic E-state index is 12.2. The van der Waals surface area contributed by atoms with E-state index in [1.54, 1.807) is 18.2 Å². The van der Waals surface area contributed by atoms with Gasteiger partial charge in [-0.05, 0) is 36.8 Å². The quantitative estimate of drug-likeness (QED) is 0.863. The first kappa shape index (κ1) is 14.9. The van der Waals surface area contributed by atoms with Crippen LogP contribution in [0.1, 0.15) is 28.9 Å². The molecule has 2 aromatic carbocycles. The second-order valence-electron chi connectivity index (χ2n) is 4.38. The molecule has 0 saturated heterocycles. The van der Waals surface area contributed by atoms with Crippen molar-refractivity contribution in [2.75, 3.05) is 0 Å². The number of hydrogen-bond donors (Lipinski definition) is 2. The summed E-state index contributed by atoms with van der Waals surface area (Å²) >= 11 is 9.37. The molecule has 2 rings (SSSR count). The van der Waals surface area contributed by atoms with Gasteiger partial charge in [0, 0.05) is 9.50 Å². The first-order chi connectivity index (χ1) is 9.49. The van der Waals surface area contributed by atoms with Crippen LogP contribution in [-0.2, 0) is 0 Å². The maximum absolute atomic E-state index is 12.2. The van der Waals surface area contributed by atoms with Crippen molar-refractivity contribution in [3.63, 3.8) is 0 Å². The monoisotopic (exact) mass is 353 g/mol. The summed E-state index contributed by atoms with van der Waals surface area (Å²) in [5.41, 5.74) is 1.05. The predicted molar refractivity (Wildman–Crippen MR) is 83.1 cm³/mol. The number of nitrogens with one attached hydrogen (secondary N) is 1. The lowest BCUT2D eigenvalue weighted by Gasteiger charge is -2.16. The number of aromatic hydroxyl groups is 1. The van der Waals surface area contributed by atoms with Crippen molar-refractivity contribution >= 4 is 33.4 Å². The van der Waals surface area contributed by atoms with E-state index in [-0.39, 0.29) is 23.3 Å². The van der Waals surface area contributed by atoms with Crippen molar-refractivity contribution in [3.8, 4) is 5.75 Å². The van der Waals surface area contributed by atoms with Crippen LogP contribution in [0.4, 0.5) is 0 Å². The highest BCUT2D eigenvalue weighted by molar-refractivity contribution is 9.10. The number of carbonyl (C=O) groups is 1. The summed E-state index contributed by atoms with van der Waals surface area (Å²) in [5, 5.41) is 13.1. The number of phenols is 1. The van der Waals surface area contributed by atoms with Gasteiger partial charge in [0.2, 0.25) is 0 Å². The third kappa shape index (κ3) is 3.32. The molecule has 2 aromatic rings. The summed E-state index contributed by atoms with van der Waals surface area (Å²) in [6.45, 7) is 1.84. The van der Waals surface area contributed by atoms with Crippen LogP contribution >= 0.6 is 27.5 Å². The highest BCUT2D eigenvalue weighted by Gasteiger charge is 2.16. The van der Waals surface area contributed by atoms with Gasteiger partial charge in [0.25, 0.3) is 5.91 Å². The van der Waals surface area contributed by atoms with Crippen LogP contribution in [-0.4, -0.2) is 11.0 Å². The molecule has 5 heteroatoms. The average Bonchev–Trinajstić information content (AvgIpc) is 2.41. The molecule has 1 unspecified atom stereocenters. The molecule has 0 radical (unpaired) electrons. The van der Waals surface area contributed by atoms with Gasteiger partial charge in [-0.2, -0.15) is 0 Å². The van der Waals surface area contributed by atoms with Crippen LogP contribution in [0, 0.1) is 0 Å². The Morgan fingerprint density at radius 3 is 2.70 bits per heavy atom. The fourth-order valence-corrected chi connectivity index (χ4v) is 2.53. The zero-order chi connectivity index (χ0) is 14.7. The van der Waals surface area contributed by atoms with Crippen LogP contribution in [0.25, 0.3) is 0 Å². The standard InChI is InChI=1S/C15H13BrClNO2/c1-9(11-4-2-3-5-13(11)17)18-15(20)12-8-10(16)6-7-14(12)19/h2-9,19H,1H3,(H,18,20). The van der Waals surface area contributed by atoms with E-state index < -0.39 is 0 Å². The van der Waals surface area contributed by atoms with Crippen molar-refractivity contribution in [3.05, 3.63) is 63.1 Å². The van der Waals surface area contributed by atoms with Crippen molar-refractivity contribution in [2.45, 2.75) is 13.0 Å². The van der Waals surface area contributed by atoms with Crippen molar-refractivity contribution in [1.82, 2.24) is 5.32 Å². The first-order valence-corrected chi connectivity index (χ1v) is 7.20. The number of rotatable bonds is 3. The summed E-state index contributed by atoms with van der Waals surface area (Å²) < 4.78 is 0.728. The Balaban J connectivity index is 2.20. The third-order valence-electron chi connectivity index (χ3n) is 2.92. The second kappa shape index (κ2) is 6.29. The summed E-state index contributed by atoms with van der Waals surface area (Å²) in [6.07, 6.45) is 0. The van der Waals surface area contributed by atoms with E-state index in [4.69, 9.17) is 11.6 Å². The normalized spacial score (nSPS) is 11.9. The highest BCUT2D eigenvalue weighted by atomic mass is 79.9. The molecule has 0 aliphatic carbocycles. The molecule has 104 valence electrons. The van der Waals surface area contributed by atoms with E-state index in [2.05, 4.69) is 21.2 Å². The molecule has 0 heterocycles. The summed E-state index contributed by atoms with van der Waals surface area (Å²) in [5.74, 6) is -0.409. The molecule has 0 aliphatic rings. The van der Waals surface area contributed by atoms with Crippen LogP contribution < -0.4 is 5.32 Å². The predicted octanol–water partition coefficient (Wildman–Crippen LogP) is 4.30. The van der Waals surface area contributed by atoms with Gasteiger partial charge in [0.1, 0.15) is 5.75 Å². The van der Waals surface area contributed by atoms with Crippen molar-refractivity contribution in [1.29, 1.82) is 0 Å². The first-order valence-electron chi connectivity index (χ1n) is 6.03. The Morgan fingerprint density at radius 1 is 1.30 bits per heavy atom. The number of carbonyl (C=O) groups excluding carboxylic acids is 1. The third-order valence-corrected chi connectivity index (χ3v) is 3.76. The summed E-state index contributed by atoms with van der Waals surface area (Å²) in [4.78, 5) is 12.2. The largest absolute Gasteiger partial charge is 0.507 e. The number of hydrogen-bond acceptors (Lipinski definition) is 2. The molecular formula is C15H13BrClNO2. The van der Waals surface area contributed by atoms with Crippen LogP contribution in [0.3, 0.4) is 0 Å². The summed E-state index contributed by atoms with van der Waals surface area (Å²) in [6, 6.07) is 11.8. The molecule has 2 N–H and O–H groups in total. The minimum atomic E-state index is -0.351. The Bertz CT molecular complexity index is 646. The molecular weight excluding hydrogens is 342 g/mol. The molecule has 0 bridgehead atoms. The molecule has 0 spiro atoms. The number of halogens is 2. The van der Waals surface area contributed by atoms with Gasteiger partial charge >= 0.3 is 0 Å². The SMILES string of the molecule is CC(NC(=O)c1cc(Br)ccc1O)c1ccccc1Cl. The fraction of sp³-hybridized carbons (Fsp3) is 0.133. The molecule has 0 saturated carbocycles. The van der Waals surface area contributed by atoms with E-state index in [1.165, 1.54) is 6.07 Å². The van der Waals surface area contributed by atoms with Gasteiger partial charge < -0.3 is 10.4 Å². The van der Waals surface area contributed by atoms with Crippen LogP contribution in [0.2, 0.25) is 5.02 Å². The van der Waals surface area contributed by atoms with Crippen LogP contribution in [0.15, 0.2) is 46.9 Å². The van der Waals surface area contributed by atoms with Gasteiger partial charge in [0.15, 0.2) is 0 Å². The van der Waals surface area contributed by atoms with E-state index >= 15 is 0 Å². The molecule has 0 aliphatic heterocycles. The van der Waals surface area contributed by atoms with Gasteiger partial charge in [-0.25, -0.2) is 0 Å². The molecule has 3 nitrogen and oxygen atoms in total. The Kier molecular flexibility index (Phi) is 4.68. The minimum absolute atomic E-state index is 0.0583. The topological polar surface area (TPSA) is 49.3 Å². The Labute approximate surface area is 130 Å². The van der Waals surface area contributed by atoms with E-state index in [9.17, 15) is 9.90 Å². The lowest BCUT2D eigenvalue weighted by molar-refractivity contribution is 0.0937. The maximum Gasteiger partial charge on any atom is 0.255 e. The van der Waals surface area contributed by atoms with E-state index in [1.807, 2.05) is 25.1 Å². The van der Waals surface area contributed by atoms with Gasteiger partial charge in [0.05, 0.1) is 11.6 Å². The summed E-state index contributed by atoms with van der Waals surface area (Å²) in [7, 11) is 0.